The quantitative estimate of drug-likeness (QED) is 0.577. The van der Waals surface area contributed by atoms with Crippen LogP contribution in [-0.2, 0) is 13.5 Å². The first kappa shape index (κ1) is 12.6. The molecule has 17 heavy (non-hydrogen) atoms. The van der Waals surface area contributed by atoms with E-state index in [4.69, 9.17) is 0 Å². The predicted octanol–water partition coefficient (Wildman–Crippen LogP) is 2.00. The molecule has 0 amide bonds. The number of hydrogen-bond donors (Lipinski definition) is 0. The molecular weight excluding hydrogens is 399 g/mol. The lowest BCUT2D eigenvalue weighted by atomic mass is 10.1. The first-order chi connectivity index (χ1) is 8.06. The van der Waals surface area contributed by atoms with E-state index in [1.807, 2.05) is 18.2 Å². The second kappa shape index (κ2) is 5.21. The van der Waals surface area contributed by atoms with Gasteiger partial charge in [0.2, 0.25) is 0 Å². The number of aryl methyl sites for hydroxylation is 1. The molecule has 1 aromatic carbocycles. The highest BCUT2D eigenvalue weighted by Crippen LogP contribution is 2.20. The summed E-state index contributed by atoms with van der Waals surface area (Å²) in [7, 11) is 1.67. The SMILES string of the molecule is Cn1nnc(CC(=O)c2cc(I)ccc2Br)n1. The van der Waals surface area contributed by atoms with Crippen molar-refractivity contribution >= 4 is 44.3 Å². The Balaban J connectivity index is 2.22. The van der Waals surface area contributed by atoms with Gasteiger partial charge in [0.05, 0.1) is 13.5 Å². The smallest absolute Gasteiger partial charge is 0.182 e. The molecule has 7 heteroatoms. The van der Waals surface area contributed by atoms with Crippen molar-refractivity contribution in [3.05, 3.63) is 37.6 Å². The standard InChI is InChI=1S/C10H8BrIN4O/c1-16-14-10(13-15-16)5-9(17)7-4-6(12)2-3-8(7)11/h2-4H,5H2,1H3. The molecule has 0 saturated carbocycles. The van der Waals surface area contributed by atoms with Gasteiger partial charge in [0, 0.05) is 13.6 Å². The van der Waals surface area contributed by atoms with Crippen LogP contribution in [0.25, 0.3) is 0 Å². The largest absolute Gasteiger partial charge is 0.294 e. The molecule has 0 bridgehead atoms. The Hall–Kier alpha value is -0.830. The van der Waals surface area contributed by atoms with Crippen molar-refractivity contribution in [2.24, 2.45) is 7.05 Å². The third-order valence-corrected chi connectivity index (χ3v) is 3.46. The van der Waals surface area contributed by atoms with Crippen molar-refractivity contribution in [3.63, 3.8) is 0 Å². The lowest BCUT2D eigenvalue weighted by Crippen LogP contribution is -2.06. The molecule has 0 spiro atoms. The van der Waals surface area contributed by atoms with Gasteiger partial charge in [-0.2, -0.15) is 4.80 Å². The molecular formula is C10H8BrIN4O. The molecule has 2 aromatic rings. The fourth-order valence-corrected chi connectivity index (χ4v) is 2.30. The maximum atomic E-state index is 12.0. The van der Waals surface area contributed by atoms with Crippen molar-refractivity contribution in [1.29, 1.82) is 0 Å². The zero-order valence-corrected chi connectivity index (χ0v) is 12.6. The zero-order chi connectivity index (χ0) is 12.4. The van der Waals surface area contributed by atoms with Gasteiger partial charge in [-0.1, -0.05) is 15.9 Å². The van der Waals surface area contributed by atoms with Gasteiger partial charge >= 0.3 is 0 Å². The van der Waals surface area contributed by atoms with Gasteiger partial charge in [-0.3, -0.25) is 4.79 Å². The minimum absolute atomic E-state index is 0.0246. The monoisotopic (exact) mass is 406 g/mol. The zero-order valence-electron chi connectivity index (χ0n) is 8.89. The molecule has 0 aliphatic carbocycles. The third-order valence-electron chi connectivity index (χ3n) is 2.10. The van der Waals surface area contributed by atoms with Crippen LogP contribution in [0, 0.1) is 3.57 Å². The van der Waals surface area contributed by atoms with Gasteiger partial charge in [-0.25, -0.2) is 0 Å². The molecule has 0 N–H and O–H groups in total. The van der Waals surface area contributed by atoms with E-state index >= 15 is 0 Å². The summed E-state index contributed by atoms with van der Waals surface area (Å²) < 4.78 is 1.80. The number of benzene rings is 1. The molecule has 2 rings (SSSR count). The minimum Gasteiger partial charge on any atom is -0.294 e. The number of Topliss-reactive ketones (excluding diaryl/α,β-unsaturated/α-hetero) is 1. The number of tetrazole rings is 1. The molecule has 1 aromatic heterocycles. The first-order valence-corrected chi connectivity index (χ1v) is 6.64. The van der Waals surface area contributed by atoms with Crippen LogP contribution in [0.5, 0.6) is 0 Å². The molecule has 0 fully saturated rings. The Morgan fingerprint density at radius 2 is 2.29 bits per heavy atom. The predicted molar refractivity (Wildman–Crippen MR) is 73.7 cm³/mol. The normalized spacial score (nSPS) is 10.5. The molecule has 0 unspecified atom stereocenters. The Kier molecular flexibility index (Phi) is 3.87. The van der Waals surface area contributed by atoms with Gasteiger partial charge in [-0.05, 0) is 46.0 Å². The number of halogens is 2. The Labute approximate surface area is 120 Å². The summed E-state index contributed by atoms with van der Waals surface area (Å²) in [5.74, 6) is 0.409. The summed E-state index contributed by atoms with van der Waals surface area (Å²) in [5, 5.41) is 11.5. The van der Waals surface area contributed by atoms with Crippen LogP contribution in [-0.4, -0.2) is 26.0 Å². The van der Waals surface area contributed by atoms with Gasteiger partial charge < -0.3 is 0 Å². The van der Waals surface area contributed by atoms with Crippen molar-refractivity contribution in [2.45, 2.75) is 6.42 Å². The number of hydrogen-bond acceptors (Lipinski definition) is 4. The summed E-state index contributed by atoms with van der Waals surface area (Å²) in [6.45, 7) is 0. The lowest BCUT2D eigenvalue weighted by Gasteiger charge is -2.02. The fraction of sp³-hybridized carbons (Fsp3) is 0.200. The summed E-state index contributed by atoms with van der Waals surface area (Å²) >= 11 is 5.53. The average molecular weight is 407 g/mol. The highest BCUT2D eigenvalue weighted by atomic mass is 127. The van der Waals surface area contributed by atoms with Crippen LogP contribution in [0.2, 0.25) is 0 Å². The Morgan fingerprint density at radius 3 is 2.94 bits per heavy atom. The van der Waals surface area contributed by atoms with E-state index in [0.29, 0.717) is 11.4 Å². The number of rotatable bonds is 3. The first-order valence-electron chi connectivity index (χ1n) is 4.77. The number of ketones is 1. The lowest BCUT2D eigenvalue weighted by molar-refractivity contribution is 0.0990. The van der Waals surface area contributed by atoms with Crippen molar-refractivity contribution < 1.29 is 4.79 Å². The number of carbonyl (C=O) groups excluding carboxylic acids is 1. The van der Waals surface area contributed by atoms with Crippen LogP contribution in [0.1, 0.15) is 16.2 Å². The van der Waals surface area contributed by atoms with E-state index < -0.39 is 0 Å². The van der Waals surface area contributed by atoms with Gasteiger partial charge in [0.1, 0.15) is 0 Å². The van der Waals surface area contributed by atoms with Crippen LogP contribution in [0.3, 0.4) is 0 Å². The Morgan fingerprint density at radius 1 is 1.53 bits per heavy atom. The average Bonchev–Trinajstić information content (AvgIpc) is 2.67. The number of nitrogens with zero attached hydrogens (tertiary/aromatic N) is 4. The van der Waals surface area contributed by atoms with Crippen LogP contribution >= 0.6 is 38.5 Å². The van der Waals surface area contributed by atoms with E-state index in [2.05, 4.69) is 53.9 Å². The molecule has 0 radical (unpaired) electrons. The highest BCUT2D eigenvalue weighted by molar-refractivity contribution is 14.1. The molecule has 5 nitrogen and oxygen atoms in total. The van der Waals surface area contributed by atoms with Crippen LogP contribution in [0.4, 0.5) is 0 Å². The van der Waals surface area contributed by atoms with Crippen molar-refractivity contribution in [1.82, 2.24) is 20.2 Å². The summed E-state index contributed by atoms with van der Waals surface area (Å²) in [4.78, 5) is 13.4. The molecule has 0 aliphatic heterocycles. The summed E-state index contributed by atoms with van der Waals surface area (Å²) in [6, 6.07) is 5.63. The van der Waals surface area contributed by atoms with Gasteiger partial charge in [0.25, 0.3) is 0 Å². The second-order valence-corrected chi connectivity index (χ2v) is 5.52. The van der Waals surface area contributed by atoms with E-state index in [-0.39, 0.29) is 12.2 Å². The molecule has 0 saturated heterocycles. The minimum atomic E-state index is -0.0246. The number of aromatic nitrogens is 4. The van der Waals surface area contributed by atoms with Crippen molar-refractivity contribution in [3.8, 4) is 0 Å². The van der Waals surface area contributed by atoms with Crippen LogP contribution < -0.4 is 0 Å². The van der Waals surface area contributed by atoms with Gasteiger partial charge in [0.15, 0.2) is 11.6 Å². The van der Waals surface area contributed by atoms with E-state index in [1.165, 1.54) is 4.80 Å². The molecule has 88 valence electrons. The van der Waals surface area contributed by atoms with E-state index in [0.717, 1.165) is 8.04 Å². The van der Waals surface area contributed by atoms with E-state index in [1.54, 1.807) is 7.05 Å². The van der Waals surface area contributed by atoms with Crippen molar-refractivity contribution in [2.75, 3.05) is 0 Å². The van der Waals surface area contributed by atoms with Crippen LogP contribution in [0.15, 0.2) is 22.7 Å². The second-order valence-electron chi connectivity index (χ2n) is 3.42. The third kappa shape index (κ3) is 3.09. The van der Waals surface area contributed by atoms with E-state index in [9.17, 15) is 4.79 Å². The maximum absolute atomic E-state index is 12.0. The summed E-state index contributed by atoms with van der Waals surface area (Å²) in [5.41, 5.74) is 0.643. The fourth-order valence-electron chi connectivity index (χ4n) is 1.34. The number of carbonyl (C=O) groups is 1. The summed E-state index contributed by atoms with van der Waals surface area (Å²) in [6.07, 6.45) is 0.159. The Bertz CT molecular complexity index is 569. The maximum Gasteiger partial charge on any atom is 0.182 e. The molecule has 0 aliphatic rings. The highest BCUT2D eigenvalue weighted by Gasteiger charge is 2.14. The molecule has 1 heterocycles. The van der Waals surface area contributed by atoms with Gasteiger partial charge in [-0.15, -0.1) is 10.2 Å². The molecule has 0 atom stereocenters. The topological polar surface area (TPSA) is 60.7 Å².